The van der Waals surface area contributed by atoms with Crippen LogP contribution in [0.15, 0.2) is 36.4 Å². The fourth-order valence-electron chi connectivity index (χ4n) is 4.54. The molecule has 1 fully saturated rings. The van der Waals surface area contributed by atoms with Crippen molar-refractivity contribution in [2.45, 2.75) is 40.3 Å². The van der Waals surface area contributed by atoms with Crippen LogP contribution in [0.1, 0.15) is 28.6 Å². The molecule has 4 rings (SSSR count). The Morgan fingerprint density at radius 1 is 1.10 bits per heavy atom. The van der Waals surface area contributed by atoms with E-state index in [0.29, 0.717) is 0 Å². The van der Waals surface area contributed by atoms with Gasteiger partial charge < -0.3 is 15.1 Å². The second-order valence-electron chi connectivity index (χ2n) is 8.65. The topological polar surface area (TPSA) is 50.9 Å². The second kappa shape index (κ2) is 8.84. The van der Waals surface area contributed by atoms with Crippen molar-refractivity contribution < 1.29 is 14.6 Å². The van der Waals surface area contributed by atoms with Crippen LogP contribution in [0.25, 0.3) is 10.2 Å². The van der Waals surface area contributed by atoms with E-state index >= 15 is 0 Å². The number of nitrogens with one attached hydrogen (secondary N) is 3. The van der Waals surface area contributed by atoms with Gasteiger partial charge in [-0.25, -0.2) is 4.98 Å². The molecule has 0 aliphatic carbocycles. The third kappa shape index (κ3) is 4.56. The molecule has 6 heteroatoms. The number of nitrogens with zero attached hydrogens (tertiary/aromatic N) is 1. The van der Waals surface area contributed by atoms with Crippen LogP contribution in [0, 0.1) is 20.8 Å². The number of fused-ring (bicyclic) bond motifs is 1. The van der Waals surface area contributed by atoms with Crippen molar-refractivity contribution in [1.82, 2.24) is 4.98 Å². The van der Waals surface area contributed by atoms with Gasteiger partial charge in [0.1, 0.15) is 37.7 Å². The second-order valence-corrected chi connectivity index (χ2v) is 9.76. The SMILES string of the molecule is Cc1cc(C)c(NC(=O)[C@@H](C)[NH+]2CC[NH+](Cc3nc4ccccc4s3)CC2)c(C)c1. The number of aryl methyl sites for hydroxylation is 3. The molecular weight excluding hydrogens is 392 g/mol. The Balaban J connectivity index is 1.32. The van der Waals surface area contributed by atoms with E-state index in [1.54, 1.807) is 16.2 Å². The maximum atomic E-state index is 12.9. The highest BCUT2D eigenvalue weighted by atomic mass is 32.1. The van der Waals surface area contributed by atoms with Crippen molar-refractivity contribution in [3.8, 4) is 0 Å². The number of carbonyl (C=O) groups is 1. The number of para-hydroxylation sites is 1. The van der Waals surface area contributed by atoms with Gasteiger partial charge >= 0.3 is 0 Å². The van der Waals surface area contributed by atoms with Crippen LogP contribution in [-0.4, -0.2) is 43.1 Å². The van der Waals surface area contributed by atoms with Crippen LogP contribution in [0.5, 0.6) is 0 Å². The van der Waals surface area contributed by atoms with Gasteiger partial charge in [0.15, 0.2) is 6.04 Å². The summed E-state index contributed by atoms with van der Waals surface area (Å²) in [5, 5.41) is 4.41. The van der Waals surface area contributed by atoms with E-state index in [9.17, 15) is 4.79 Å². The number of quaternary nitrogens is 2. The monoisotopic (exact) mass is 424 g/mol. The minimum Gasteiger partial charge on any atom is -0.320 e. The molecule has 1 aliphatic rings. The van der Waals surface area contributed by atoms with Gasteiger partial charge in [-0.2, -0.15) is 0 Å². The van der Waals surface area contributed by atoms with Crippen molar-refractivity contribution in [2.24, 2.45) is 0 Å². The summed E-state index contributed by atoms with van der Waals surface area (Å²) in [7, 11) is 0. The smallest absolute Gasteiger partial charge is 0.282 e. The quantitative estimate of drug-likeness (QED) is 0.582. The van der Waals surface area contributed by atoms with Crippen LogP contribution in [0.2, 0.25) is 0 Å². The van der Waals surface area contributed by atoms with Gasteiger partial charge in [0.05, 0.1) is 10.2 Å². The van der Waals surface area contributed by atoms with Crippen LogP contribution in [-0.2, 0) is 11.3 Å². The Kier molecular flexibility index (Phi) is 6.18. The highest BCUT2D eigenvalue weighted by molar-refractivity contribution is 7.18. The summed E-state index contributed by atoms with van der Waals surface area (Å²) in [5.74, 6) is 0.120. The number of hydrogen-bond acceptors (Lipinski definition) is 3. The van der Waals surface area contributed by atoms with Gasteiger partial charge in [0, 0.05) is 5.69 Å². The number of benzene rings is 2. The zero-order valence-electron chi connectivity index (χ0n) is 18.3. The highest BCUT2D eigenvalue weighted by Gasteiger charge is 2.31. The van der Waals surface area contributed by atoms with Crippen molar-refractivity contribution in [1.29, 1.82) is 0 Å². The van der Waals surface area contributed by atoms with E-state index in [-0.39, 0.29) is 11.9 Å². The number of rotatable bonds is 5. The normalized spacial score (nSPS) is 20.3. The number of anilines is 1. The van der Waals surface area contributed by atoms with Gasteiger partial charge in [-0.1, -0.05) is 29.8 Å². The van der Waals surface area contributed by atoms with Gasteiger partial charge in [0.25, 0.3) is 5.91 Å². The van der Waals surface area contributed by atoms with Crippen LogP contribution in [0.3, 0.4) is 0 Å². The average Bonchev–Trinajstić information content (AvgIpc) is 3.13. The lowest BCUT2D eigenvalue weighted by molar-refractivity contribution is -1.02. The molecule has 30 heavy (non-hydrogen) atoms. The van der Waals surface area contributed by atoms with Gasteiger partial charge in [-0.3, -0.25) is 4.79 Å². The summed E-state index contributed by atoms with van der Waals surface area (Å²) in [6.07, 6.45) is 0. The third-order valence-electron chi connectivity index (χ3n) is 6.27. The molecule has 1 amide bonds. The molecule has 0 radical (unpaired) electrons. The van der Waals surface area contributed by atoms with Gasteiger partial charge in [0.2, 0.25) is 0 Å². The molecule has 0 bridgehead atoms. The fraction of sp³-hybridized carbons (Fsp3) is 0.417. The highest BCUT2D eigenvalue weighted by Crippen LogP contribution is 2.22. The Hall–Kier alpha value is -2.28. The van der Waals surface area contributed by atoms with E-state index in [1.807, 2.05) is 6.07 Å². The predicted molar refractivity (Wildman–Crippen MR) is 123 cm³/mol. The van der Waals surface area contributed by atoms with E-state index in [4.69, 9.17) is 4.98 Å². The minimum atomic E-state index is -0.0471. The van der Waals surface area contributed by atoms with Crippen LogP contribution < -0.4 is 15.1 Å². The molecule has 0 saturated carbocycles. The molecule has 1 saturated heterocycles. The largest absolute Gasteiger partial charge is 0.320 e. The first-order chi connectivity index (χ1) is 14.4. The maximum Gasteiger partial charge on any atom is 0.282 e. The number of aromatic nitrogens is 1. The Labute approximate surface area is 182 Å². The summed E-state index contributed by atoms with van der Waals surface area (Å²) in [4.78, 5) is 20.7. The number of piperazine rings is 1. The lowest BCUT2D eigenvalue weighted by atomic mass is 10.0. The summed E-state index contributed by atoms with van der Waals surface area (Å²) < 4.78 is 1.27. The van der Waals surface area contributed by atoms with Crippen molar-refractivity contribution >= 4 is 33.1 Å². The predicted octanol–water partition coefficient (Wildman–Crippen LogP) is 1.53. The first-order valence-corrected chi connectivity index (χ1v) is 11.6. The van der Waals surface area contributed by atoms with E-state index in [1.165, 1.54) is 20.2 Å². The maximum absolute atomic E-state index is 12.9. The first kappa shape index (κ1) is 21.0. The van der Waals surface area contributed by atoms with Crippen LogP contribution >= 0.6 is 11.3 Å². The van der Waals surface area contributed by atoms with Crippen molar-refractivity contribution in [3.05, 3.63) is 58.1 Å². The summed E-state index contributed by atoms with van der Waals surface area (Å²) in [6, 6.07) is 12.6. The molecule has 1 aliphatic heterocycles. The molecule has 0 unspecified atom stereocenters. The van der Waals surface area contributed by atoms with Gasteiger partial charge in [-0.05, 0) is 51.0 Å². The molecule has 3 N–H and O–H groups in total. The van der Waals surface area contributed by atoms with Crippen molar-refractivity contribution in [3.63, 3.8) is 0 Å². The Morgan fingerprint density at radius 2 is 1.77 bits per heavy atom. The number of hydrogen-bond donors (Lipinski definition) is 3. The molecule has 158 valence electrons. The number of thiazole rings is 1. The zero-order valence-corrected chi connectivity index (χ0v) is 19.2. The Morgan fingerprint density at radius 3 is 2.43 bits per heavy atom. The molecule has 1 aromatic heterocycles. The van der Waals surface area contributed by atoms with Crippen LogP contribution in [0.4, 0.5) is 5.69 Å². The molecule has 5 nitrogen and oxygen atoms in total. The average molecular weight is 425 g/mol. The van der Waals surface area contributed by atoms with E-state index < -0.39 is 0 Å². The number of amides is 1. The number of carbonyl (C=O) groups excluding carboxylic acids is 1. The Bertz CT molecular complexity index is 996. The fourth-order valence-corrected chi connectivity index (χ4v) is 5.58. The zero-order chi connectivity index (χ0) is 21.3. The molecule has 1 atom stereocenters. The summed E-state index contributed by atoms with van der Waals surface area (Å²) in [5.41, 5.74) is 5.57. The summed E-state index contributed by atoms with van der Waals surface area (Å²) in [6.45, 7) is 13.4. The molecule has 0 spiro atoms. The van der Waals surface area contributed by atoms with E-state index in [2.05, 4.69) is 63.3 Å². The van der Waals surface area contributed by atoms with Gasteiger partial charge in [-0.15, -0.1) is 11.3 Å². The summed E-state index contributed by atoms with van der Waals surface area (Å²) >= 11 is 1.80. The lowest BCUT2D eigenvalue weighted by Gasteiger charge is -2.32. The molecule has 2 heterocycles. The van der Waals surface area contributed by atoms with E-state index in [0.717, 1.165) is 55.1 Å². The first-order valence-electron chi connectivity index (χ1n) is 10.8. The third-order valence-corrected chi connectivity index (χ3v) is 7.31. The molecule has 3 aromatic rings. The standard InChI is InChI=1S/C24H30N4OS/c1-16-13-17(2)23(18(3)14-16)26-24(29)19(4)28-11-9-27(10-12-28)15-22-25-20-7-5-6-8-21(20)30-22/h5-8,13-14,19H,9-12,15H2,1-4H3,(H,26,29)/p+2/t19-/m1/s1. The van der Waals surface area contributed by atoms with Crippen molar-refractivity contribution in [2.75, 3.05) is 31.5 Å². The molecule has 2 aromatic carbocycles. The molecular formula is C24H32N4OS+2. The lowest BCUT2D eigenvalue weighted by Crippen LogP contribution is -3.29. The minimum absolute atomic E-state index is 0.0471.